The first-order chi connectivity index (χ1) is 9.74. The summed E-state index contributed by atoms with van der Waals surface area (Å²) >= 11 is 1.39. The number of rotatable bonds is 8. The number of aliphatic carboxylic acids is 1. The minimum Gasteiger partial charge on any atom is -0.480 e. The Labute approximate surface area is 128 Å². The second kappa shape index (κ2) is 7.75. The normalized spacial score (nSPS) is 14.2. The molecule has 21 heavy (non-hydrogen) atoms. The lowest BCUT2D eigenvalue weighted by Crippen LogP contribution is -2.52. The number of carbonyl (C=O) groups is 1. The number of carboxylic acid groups (broad SMARTS) is 1. The summed E-state index contributed by atoms with van der Waals surface area (Å²) in [4.78, 5) is 12.0. The van der Waals surface area contributed by atoms with E-state index >= 15 is 0 Å². The predicted octanol–water partition coefficient (Wildman–Crippen LogP) is 3.68. The van der Waals surface area contributed by atoms with Crippen molar-refractivity contribution >= 4 is 17.7 Å². The Morgan fingerprint density at radius 3 is 2.57 bits per heavy atom. The first kappa shape index (κ1) is 17.9. The van der Waals surface area contributed by atoms with Gasteiger partial charge in [0.2, 0.25) is 0 Å². The van der Waals surface area contributed by atoms with Crippen molar-refractivity contribution in [2.24, 2.45) is 0 Å². The number of nitrogens with one attached hydrogen (secondary N) is 1. The van der Waals surface area contributed by atoms with E-state index in [4.69, 9.17) is 0 Å². The quantitative estimate of drug-likeness (QED) is 0.567. The number of thioether (sulfide) groups is 1. The monoisotopic (exact) mass is 317 g/mol. The SMILES string of the molecule is CC(C)NC(C)(CCCSc1ccc(F)c(F)c1)C(=O)O. The lowest BCUT2D eigenvalue weighted by Gasteiger charge is -2.28. The van der Waals surface area contributed by atoms with Gasteiger partial charge in [0.25, 0.3) is 0 Å². The minimum atomic E-state index is -0.969. The van der Waals surface area contributed by atoms with Crippen molar-refractivity contribution in [3.05, 3.63) is 29.8 Å². The molecule has 0 saturated heterocycles. The van der Waals surface area contributed by atoms with Gasteiger partial charge in [-0.25, -0.2) is 8.78 Å². The van der Waals surface area contributed by atoms with Gasteiger partial charge in [-0.1, -0.05) is 0 Å². The summed E-state index contributed by atoms with van der Waals surface area (Å²) in [5.41, 5.74) is -0.969. The van der Waals surface area contributed by atoms with Crippen LogP contribution in [0.1, 0.15) is 33.6 Å². The van der Waals surface area contributed by atoms with Crippen LogP contribution in [0.4, 0.5) is 8.78 Å². The molecule has 0 heterocycles. The number of hydrogen-bond acceptors (Lipinski definition) is 3. The molecule has 6 heteroatoms. The third-order valence-corrected chi connectivity index (χ3v) is 4.14. The van der Waals surface area contributed by atoms with E-state index in [0.29, 0.717) is 23.5 Å². The fourth-order valence-corrected chi connectivity index (χ4v) is 2.94. The van der Waals surface area contributed by atoms with Gasteiger partial charge in [0.1, 0.15) is 5.54 Å². The molecule has 0 aliphatic rings. The highest BCUT2D eigenvalue weighted by Crippen LogP contribution is 2.23. The summed E-state index contributed by atoms with van der Waals surface area (Å²) in [6, 6.07) is 3.85. The fourth-order valence-electron chi connectivity index (χ4n) is 2.06. The number of carboxylic acids is 1. The molecule has 1 unspecified atom stereocenters. The average molecular weight is 317 g/mol. The van der Waals surface area contributed by atoms with E-state index in [2.05, 4.69) is 5.32 Å². The zero-order chi connectivity index (χ0) is 16.0. The summed E-state index contributed by atoms with van der Waals surface area (Å²) < 4.78 is 25.8. The molecule has 0 bridgehead atoms. The smallest absolute Gasteiger partial charge is 0.323 e. The Kier molecular flexibility index (Phi) is 6.61. The zero-order valence-corrected chi connectivity index (χ0v) is 13.3. The lowest BCUT2D eigenvalue weighted by atomic mass is 9.95. The van der Waals surface area contributed by atoms with Crippen molar-refractivity contribution in [3.8, 4) is 0 Å². The maximum Gasteiger partial charge on any atom is 0.323 e. The van der Waals surface area contributed by atoms with Gasteiger partial charge in [-0.2, -0.15) is 0 Å². The van der Waals surface area contributed by atoms with Crippen LogP contribution in [0, 0.1) is 11.6 Å². The zero-order valence-electron chi connectivity index (χ0n) is 12.5. The van der Waals surface area contributed by atoms with Crippen molar-refractivity contribution in [2.75, 3.05) is 5.75 Å². The van der Waals surface area contributed by atoms with Crippen molar-refractivity contribution < 1.29 is 18.7 Å². The summed E-state index contributed by atoms with van der Waals surface area (Å²) in [7, 11) is 0. The van der Waals surface area contributed by atoms with Gasteiger partial charge in [-0.05, 0) is 57.6 Å². The molecule has 0 radical (unpaired) electrons. The molecular formula is C15H21F2NO2S. The van der Waals surface area contributed by atoms with Gasteiger partial charge >= 0.3 is 5.97 Å². The third kappa shape index (κ3) is 5.63. The minimum absolute atomic E-state index is 0.0740. The molecule has 1 aromatic carbocycles. The van der Waals surface area contributed by atoms with E-state index in [1.54, 1.807) is 6.92 Å². The van der Waals surface area contributed by atoms with Gasteiger partial charge < -0.3 is 5.11 Å². The van der Waals surface area contributed by atoms with Crippen LogP contribution in [0.15, 0.2) is 23.1 Å². The van der Waals surface area contributed by atoms with Crippen LogP contribution in [-0.4, -0.2) is 28.4 Å². The third-order valence-electron chi connectivity index (χ3n) is 3.06. The van der Waals surface area contributed by atoms with E-state index in [0.717, 1.165) is 12.1 Å². The highest BCUT2D eigenvalue weighted by Gasteiger charge is 2.32. The van der Waals surface area contributed by atoms with Crippen LogP contribution in [0.2, 0.25) is 0 Å². The number of hydrogen-bond donors (Lipinski definition) is 2. The standard InChI is InChI=1S/C15H21F2NO2S/c1-10(2)18-15(3,14(19)20)7-4-8-21-11-5-6-12(16)13(17)9-11/h5-6,9-10,18H,4,7-8H2,1-3H3,(H,19,20). The molecule has 0 spiro atoms. The van der Waals surface area contributed by atoms with Crippen LogP contribution >= 0.6 is 11.8 Å². The summed E-state index contributed by atoms with van der Waals surface area (Å²) in [6.45, 7) is 5.46. The fraction of sp³-hybridized carbons (Fsp3) is 0.533. The molecule has 0 aliphatic heterocycles. The van der Waals surface area contributed by atoms with Crippen molar-refractivity contribution in [1.82, 2.24) is 5.32 Å². The van der Waals surface area contributed by atoms with E-state index in [1.165, 1.54) is 17.8 Å². The summed E-state index contributed by atoms with van der Waals surface area (Å²) in [5.74, 6) is -1.96. The molecule has 0 amide bonds. The topological polar surface area (TPSA) is 49.3 Å². The van der Waals surface area contributed by atoms with Crippen LogP contribution < -0.4 is 5.32 Å². The lowest BCUT2D eigenvalue weighted by molar-refractivity contribution is -0.144. The summed E-state index contributed by atoms with van der Waals surface area (Å²) in [6.07, 6.45) is 1.13. The van der Waals surface area contributed by atoms with Crippen LogP contribution in [-0.2, 0) is 4.79 Å². The molecule has 0 aromatic heterocycles. The van der Waals surface area contributed by atoms with Crippen LogP contribution in [0.25, 0.3) is 0 Å². The van der Waals surface area contributed by atoms with E-state index in [-0.39, 0.29) is 6.04 Å². The first-order valence-electron chi connectivity index (χ1n) is 6.83. The Bertz CT molecular complexity index is 497. The van der Waals surface area contributed by atoms with E-state index < -0.39 is 23.1 Å². The Morgan fingerprint density at radius 2 is 2.05 bits per heavy atom. The average Bonchev–Trinajstić information content (AvgIpc) is 2.38. The Balaban J connectivity index is 2.47. The number of halogens is 2. The number of benzene rings is 1. The van der Waals surface area contributed by atoms with Gasteiger partial charge in [-0.15, -0.1) is 11.8 Å². The van der Waals surface area contributed by atoms with Crippen molar-refractivity contribution in [1.29, 1.82) is 0 Å². The van der Waals surface area contributed by atoms with Crippen LogP contribution in [0.3, 0.4) is 0 Å². The second-order valence-electron chi connectivity index (χ2n) is 5.46. The highest BCUT2D eigenvalue weighted by atomic mass is 32.2. The highest BCUT2D eigenvalue weighted by molar-refractivity contribution is 7.99. The van der Waals surface area contributed by atoms with Gasteiger partial charge in [-0.3, -0.25) is 10.1 Å². The predicted molar refractivity (Wildman–Crippen MR) is 80.6 cm³/mol. The van der Waals surface area contributed by atoms with Crippen LogP contribution in [0.5, 0.6) is 0 Å². The molecule has 1 aromatic rings. The molecule has 0 aliphatic carbocycles. The van der Waals surface area contributed by atoms with Crippen molar-refractivity contribution in [3.63, 3.8) is 0 Å². The molecular weight excluding hydrogens is 296 g/mol. The first-order valence-corrected chi connectivity index (χ1v) is 7.82. The molecule has 2 N–H and O–H groups in total. The van der Waals surface area contributed by atoms with Gasteiger partial charge in [0.05, 0.1) is 0 Å². The molecule has 0 fully saturated rings. The van der Waals surface area contributed by atoms with E-state index in [1.807, 2.05) is 13.8 Å². The van der Waals surface area contributed by atoms with Gasteiger partial charge in [0, 0.05) is 10.9 Å². The molecule has 0 saturated carbocycles. The molecule has 1 atom stereocenters. The maximum absolute atomic E-state index is 13.1. The largest absolute Gasteiger partial charge is 0.480 e. The molecule has 118 valence electrons. The van der Waals surface area contributed by atoms with Crippen molar-refractivity contribution in [2.45, 2.75) is 50.1 Å². The molecule has 3 nitrogen and oxygen atoms in total. The maximum atomic E-state index is 13.1. The van der Waals surface area contributed by atoms with Gasteiger partial charge in [0.15, 0.2) is 11.6 Å². The summed E-state index contributed by atoms with van der Waals surface area (Å²) in [5, 5.41) is 12.4. The Hall–Kier alpha value is -1.14. The van der Waals surface area contributed by atoms with E-state index in [9.17, 15) is 18.7 Å². The second-order valence-corrected chi connectivity index (χ2v) is 6.63. The Morgan fingerprint density at radius 1 is 1.38 bits per heavy atom. The molecule has 1 rings (SSSR count).